The number of aryl methyl sites for hydroxylation is 1. The fourth-order valence-electron chi connectivity index (χ4n) is 6.26. The number of benzene rings is 1. The van der Waals surface area contributed by atoms with Crippen molar-refractivity contribution in [2.75, 3.05) is 42.5 Å². The van der Waals surface area contributed by atoms with Crippen LogP contribution in [0.5, 0.6) is 0 Å². The van der Waals surface area contributed by atoms with Crippen molar-refractivity contribution in [3.63, 3.8) is 0 Å². The van der Waals surface area contributed by atoms with E-state index in [1.54, 1.807) is 16.2 Å². The van der Waals surface area contributed by atoms with E-state index >= 15 is 0 Å². The third-order valence-corrected chi connectivity index (χ3v) is 9.56. The van der Waals surface area contributed by atoms with Crippen molar-refractivity contribution < 1.29 is 13.6 Å². The van der Waals surface area contributed by atoms with Gasteiger partial charge in [0.05, 0.1) is 23.4 Å². The second-order valence-electron chi connectivity index (χ2n) is 10.7. The van der Waals surface area contributed by atoms with Crippen LogP contribution in [0.3, 0.4) is 0 Å². The first-order chi connectivity index (χ1) is 19.2. The van der Waals surface area contributed by atoms with Crippen molar-refractivity contribution in [1.82, 2.24) is 14.9 Å². The number of likely N-dealkylation sites (tertiary alicyclic amines) is 1. The highest BCUT2D eigenvalue weighted by atomic mass is 35.5. The summed E-state index contributed by atoms with van der Waals surface area (Å²) in [5.41, 5.74) is 5.60. The summed E-state index contributed by atoms with van der Waals surface area (Å²) in [6.45, 7) is 9.35. The maximum Gasteiger partial charge on any atom is 0.263 e. The van der Waals surface area contributed by atoms with Crippen LogP contribution in [0.1, 0.15) is 40.9 Å². The zero-order valence-electron chi connectivity index (χ0n) is 22.0. The third-order valence-electron chi connectivity index (χ3n) is 8.24. The Balaban J connectivity index is 1.46. The smallest absolute Gasteiger partial charge is 0.263 e. The molecule has 0 saturated carbocycles. The van der Waals surface area contributed by atoms with Gasteiger partial charge in [-0.05, 0) is 43.5 Å². The molecule has 3 aromatic rings. The number of carbonyl (C=O) groups excluding carboxylic acids is 1. The predicted octanol–water partition coefficient (Wildman–Crippen LogP) is 5.76. The molecule has 0 N–H and O–H groups in total. The Morgan fingerprint density at radius 2 is 2.08 bits per heavy atom. The van der Waals surface area contributed by atoms with E-state index in [9.17, 15) is 18.8 Å². The SMILES string of the molecule is C=CC(=O)N1CC2(CCN(c3nc4c(c(-c5cc(C(F)F)ccc5Cl)c3C#N)CCN(c3scnc3C)C4)C2)C1. The zero-order valence-corrected chi connectivity index (χ0v) is 23.5. The summed E-state index contributed by atoms with van der Waals surface area (Å²) in [7, 11) is 0. The number of hydrogen-bond acceptors (Lipinski definition) is 7. The van der Waals surface area contributed by atoms with E-state index in [-0.39, 0.29) is 16.9 Å². The summed E-state index contributed by atoms with van der Waals surface area (Å²) >= 11 is 8.21. The van der Waals surface area contributed by atoms with Crippen molar-refractivity contribution in [3.8, 4) is 17.2 Å². The molecular formula is C29H27ClF2N6OS. The van der Waals surface area contributed by atoms with Crippen LogP contribution in [-0.4, -0.2) is 53.5 Å². The third kappa shape index (κ3) is 4.41. The first-order valence-electron chi connectivity index (χ1n) is 13.1. The number of nitrogens with zero attached hydrogens (tertiary/aromatic N) is 6. The molecule has 0 atom stereocenters. The summed E-state index contributed by atoms with van der Waals surface area (Å²) in [5.74, 6) is 0.464. The topological polar surface area (TPSA) is 76.4 Å². The molecule has 2 aromatic heterocycles. The minimum atomic E-state index is -2.67. The first-order valence-corrected chi connectivity index (χ1v) is 14.3. The van der Waals surface area contributed by atoms with Crippen LogP contribution < -0.4 is 9.80 Å². The largest absolute Gasteiger partial charge is 0.356 e. The van der Waals surface area contributed by atoms with E-state index < -0.39 is 6.43 Å². The van der Waals surface area contributed by atoms with Crippen LogP contribution >= 0.6 is 22.9 Å². The Bertz CT molecular complexity index is 1560. The number of carbonyl (C=O) groups is 1. The van der Waals surface area contributed by atoms with Gasteiger partial charge in [0.15, 0.2) is 0 Å². The number of pyridine rings is 1. The molecular weight excluding hydrogens is 554 g/mol. The maximum atomic E-state index is 13.8. The molecule has 5 heterocycles. The number of hydrogen-bond donors (Lipinski definition) is 0. The Labute approximate surface area is 240 Å². The van der Waals surface area contributed by atoms with Crippen LogP contribution in [0.4, 0.5) is 19.6 Å². The van der Waals surface area contributed by atoms with Gasteiger partial charge in [-0.15, -0.1) is 11.3 Å². The standard InChI is InChI=1S/C29H27ClF2N6OS/c1-3-24(39)38-14-29(15-38)7-9-37(13-29)27-21(11-33)25(20-10-18(26(31)32)4-5-22(20)30)19-6-8-36(12-23(19)35-27)28-17(2)34-16-40-28/h3-5,10,16,26H,1,6-9,12-15H2,2H3. The lowest BCUT2D eigenvalue weighted by molar-refractivity contribution is -0.136. The normalized spacial score (nSPS) is 17.6. The van der Waals surface area contributed by atoms with Gasteiger partial charge in [-0.25, -0.2) is 18.7 Å². The molecule has 2 saturated heterocycles. The van der Waals surface area contributed by atoms with Gasteiger partial charge in [0.2, 0.25) is 5.91 Å². The van der Waals surface area contributed by atoms with Gasteiger partial charge in [-0.2, -0.15) is 5.26 Å². The molecule has 1 spiro atoms. The van der Waals surface area contributed by atoms with Crippen LogP contribution in [-0.2, 0) is 17.8 Å². The molecule has 206 valence electrons. The number of alkyl halides is 2. The Hall–Kier alpha value is -3.55. The fraction of sp³-hybridized carbons (Fsp3) is 0.379. The Kier molecular flexibility index (Phi) is 6.75. The van der Waals surface area contributed by atoms with Crippen molar-refractivity contribution >= 4 is 39.7 Å². The van der Waals surface area contributed by atoms with Crippen LogP contribution in [0, 0.1) is 23.7 Å². The molecule has 11 heteroatoms. The summed E-state index contributed by atoms with van der Waals surface area (Å²) in [6.07, 6.45) is 0.114. The maximum absolute atomic E-state index is 13.8. The highest BCUT2D eigenvalue weighted by molar-refractivity contribution is 7.14. The molecule has 0 unspecified atom stereocenters. The summed E-state index contributed by atoms with van der Waals surface area (Å²) < 4.78 is 27.5. The summed E-state index contributed by atoms with van der Waals surface area (Å²) in [5, 5.41) is 11.9. The van der Waals surface area contributed by atoms with Crippen LogP contribution in [0.15, 0.2) is 36.4 Å². The average Bonchev–Trinajstić information content (AvgIpc) is 3.57. The van der Waals surface area contributed by atoms with Gasteiger partial charge in [-0.3, -0.25) is 4.79 Å². The highest BCUT2D eigenvalue weighted by Crippen LogP contribution is 2.46. The van der Waals surface area contributed by atoms with Gasteiger partial charge in [0, 0.05) is 59.9 Å². The number of halogens is 3. The highest BCUT2D eigenvalue weighted by Gasteiger charge is 2.49. The number of aromatic nitrogens is 2. The average molecular weight is 581 g/mol. The molecule has 3 aliphatic heterocycles. The van der Waals surface area contributed by atoms with Gasteiger partial charge < -0.3 is 14.7 Å². The monoisotopic (exact) mass is 580 g/mol. The molecule has 0 bridgehead atoms. The minimum absolute atomic E-state index is 0.0673. The second kappa shape index (κ2) is 10.1. The molecule has 1 aromatic carbocycles. The predicted molar refractivity (Wildman–Crippen MR) is 152 cm³/mol. The molecule has 7 nitrogen and oxygen atoms in total. The number of fused-ring (bicyclic) bond motifs is 1. The van der Waals surface area contributed by atoms with Gasteiger partial charge in [0.1, 0.15) is 22.5 Å². The number of amides is 1. The minimum Gasteiger partial charge on any atom is -0.356 e. The summed E-state index contributed by atoms with van der Waals surface area (Å²) in [4.78, 5) is 27.7. The van der Waals surface area contributed by atoms with Crippen molar-refractivity contribution in [2.24, 2.45) is 5.41 Å². The lowest BCUT2D eigenvalue weighted by Gasteiger charge is -2.47. The molecule has 0 aliphatic carbocycles. The molecule has 1 amide bonds. The van der Waals surface area contributed by atoms with E-state index in [1.165, 1.54) is 24.3 Å². The van der Waals surface area contributed by atoms with Crippen LogP contribution in [0.2, 0.25) is 5.02 Å². The number of thiazole rings is 1. The fourth-order valence-corrected chi connectivity index (χ4v) is 7.31. The molecule has 3 aliphatic rings. The van der Waals surface area contributed by atoms with Gasteiger partial charge >= 0.3 is 0 Å². The first kappa shape index (κ1) is 26.7. The zero-order chi connectivity index (χ0) is 28.2. The molecule has 0 radical (unpaired) electrons. The van der Waals surface area contributed by atoms with Gasteiger partial charge in [0.25, 0.3) is 6.43 Å². The number of anilines is 2. The van der Waals surface area contributed by atoms with E-state index in [2.05, 4.69) is 27.4 Å². The van der Waals surface area contributed by atoms with E-state index in [4.69, 9.17) is 16.6 Å². The Morgan fingerprint density at radius 1 is 1.27 bits per heavy atom. The van der Waals surface area contributed by atoms with Crippen molar-refractivity contribution in [3.05, 3.63) is 69.5 Å². The second-order valence-corrected chi connectivity index (χ2v) is 12.0. The number of rotatable bonds is 5. The van der Waals surface area contributed by atoms with E-state index in [0.29, 0.717) is 73.2 Å². The lowest BCUT2D eigenvalue weighted by atomic mass is 9.79. The number of nitriles is 1. The van der Waals surface area contributed by atoms with E-state index in [0.717, 1.165) is 28.4 Å². The van der Waals surface area contributed by atoms with Gasteiger partial charge in [-0.1, -0.05) is 24.2 Å². The van der Waals surface area contributed by atoms with E-state index in [1.807, 2.05) is 12.4 Å². The molecule has 40 heavy (non-hydrogen) atoms. The molecule has 2 fully saturated rings. The Morgan fingerprint density at radius 3 is 2.75 bits per heavy atom. The molecule has 6 rings (SSSR count). The quantitative estimate of drug-likeness (QED) is 0.357. The lowest BCUT2D eigenvalue weighted by Crippen LogP contribution is -2.59. The van der Waals surface area contributed by atoms with Crippen molar-refractivity contribution in [2.45, 2.75) is 32.7 Å². The van der Waals surface area contributed by atoms with Crippen molar-refractivity contribution in [1.29, 1.82) is 5.26 Å². The van der Waals surface area contributed by atoms with Crippen LogP contribution in [0.25, 0.3) is 11.1 Å². The summed E-state index contributed by atoms with van der Waals surface area (Å²) in [6, 6.07) is 6.57.